The third kappa shape index (κ3) is 4.49. The Balaban J connectivity index is 2.55. The van der Waals surface area contributed by atoms with Crippen LogP contribution in [0, 0.1) is 19.8 Å². The van der Waals surface area contributed by atoms with Crippen molar-refractivity contribution in [3.63, 3.8) is 0 Å². The first-order valence-corrected chi connectivity index (χ1v) is 6.43. The largest absolute Gasteiger partial charge is 0.391 e. The van der Waals surface area contributed by atoms with Crippen molar-refractivity contribution in [3.8, 4) is 0 Å². The zero-order chi connectivity index (χ0) is 13.7. The molecule has 0 bridgehead atoms. The van der Waals surface area contributed by atoms with E-state index < -0.39 is 6.10 Å². The summed E-state index contributed by atoms with van der Waals surface area (Å²) in [6, 6.07) is 5.74. The highest BCUT2D eigenvalue weighted by atomic mass is 16.3. The van der Waals surface area contributed by atoms with Crippen LogP contribution in [0.4, 0.5) is 0 Å². The zero-order valence-electron chi connectivity index (χ0n) is 11.7. The van der Waals surface area contributed by atoms with Crippen molar-refractivity contribution in [1.29, 1.82) is 0 Å². The second-order valence-electron chi connectivity index (χ2n) is 5.31. The highest BCUT2D eigenvalue weighted by Crippen LogP contribution is 2.10. The smallest absolute Gasteiger partial charge is 0.251 e. The van der Waals surface area contributed by atoms with Gasteiger partial charge >= 0.3 is 0 Å². The summed E-state index contributed by atoms with van der Waals surface area (Å²) in [7, 11) is 0. The molecule has 0 aliphatic rings. The van der Waals surface area contributed by atoms with E-state index >= 15 is 0 Å². The van der Waals surface area contributed by atoms with Gasteiger partial charge in [-0.05, 0) is 37.8 Å². The molecule has 18 heavy (non-hydrogen) atoms. The fourth-order valence-electron chi connectivity index (χ4n) is 2.00. The quantitative estimate of drug-likeness (QED) is 0.842. The molecule has 2 N–H and O–H groups in total. The number of benzene rings is 1. The van der Waals surface area contributed by atoms with Gasteiger partial charge in [-0.2, -0.15) is 0 Å². The number of hydrogen-bond donors (Lipinski definition) is 2. The van der Waals surface area contributed by atoms with E-state index in [4.69, 9.17) is 0 Å². The Kier molecular flexibility index (Phi) is 5.35. The molecule has 0 aliphatic heterocycles. The first-order valence-electron chi connectivity index (χ1n) is 6.43. The lowest BCUT2D eigenvalue weighted by Crippen LogP contribution is -2.33. The van der Waals surface area contributed by atoms with Crippen molar-refractivity contribution in [3.05, 3.63) is 34.9 Å². The van der Waals surface area contributed by atoms with Crippen molar-refractivity contribution in [2.24, 2.45) is 5.92 Å². The molecule has 100 valence electrons. The number of rotatable bonds is 5. The predicted octanol–water partition coefficient (Wildman–Crippen LogP) is 2.44. The Labute approximate surface area is 109 Å². The third-order valence-electron chi connectivity index (χ3n) is 2.87. The molecule has 3 heteroatoms. The molecule has 1 aromatic rings. The molecule has 0 saturated carbocycles. The van der Waals surface area contributed by atoms with Gasteiger partial charge in [0.15, 0.2) is 0 Å². The van der Waals surface area contributed by atoms with E-state index in [1.165, 1.54) is 0 Å². The second kappa shape index (κ2) is 6.55. The molecule has 0 aromatic heterocycles. The van der Waals surface area contributed by atoms with E-state index in [-0.39, 0.29) is 5.91 Å². The Bertz CT molecular complexity index is 413. The van der Waals surface area contributed by atoms with Crippen LogP contribution in [0.5, 0.6) is 0 Å². The number of aryl methyl sites for hydroxylation is 2. The molecule has 1 rings (SSSR count). The van der Waals surface area contributed by atoms with E-state index in [1.54, 1.807) is 0 Å². The summed E-state index contributed by atoms with van der Waals surface area (Å²) in [4.78, 5) is 11.9. The Morgan fingerprint density at radius 2 is 2.00 bits per heavy atom. The highest BCUT2D eigenvalue weighted by molar-refractivity contribution is 5.95. The van der Waals surface area contributed by atoms with Crippen molar-refractivity contribution in [2.45, 2.75) is 40.2 Å². The van der Waals surface area contributed by atoms with Crippen LogP contribution in [0.15, 0.2) is 18.2 Å². The molecular formula is C15H23NO2. The highest BCUT2D eigenvalue weighted by Gasteiger charge is 2.12. The average molecular weight is 249 g/mol. The summed E-state index contributed by atoms with van der Waals surface area (Å²) in [5.41, 5.74) is 2.78. The number of hydrogen-bond acceptors (Lipinski definition) is 2. The van der Waals surface area contributed by atoms with Crippen molar-refractivity contribution < 1.29 is 9.90 Å². The van der Waals surface area contributed by atoms with Crippen LogP contribution in [0.2, 0.25) is 0 Å². The maximum atomic E-state index is 11.9. The normalized spacial score (nSPS) is 12.6. The van der Waals surface area contributed by atoms with Crippen LogP contribution >= 0.6 is 0 Å². The minimum atomic E-state index is -0.472. The van der Waals surface area contributed by atoms with Crippen LogP contribution in [-0.4, -0.2) is 23.7 Å². The van der Waals surface area contributed by atoms with Gasteiger partial charge in [0.1, 0.15) is 0 Å². The number of carbonyl (C=O) groups is 1. The van der Waals surface area contributed by atoms with Crippen molar-refractivity contribution in [2.75, 3.05) is 6.54 Å². The van der Waals surface area contributed by atoms with Gasteiger partial charge in [0.2, 0.25) is 0 Å². The molecule has 0 heterocycles. The lowest BCUT2D eigenvalue weighted by molar-refractivity contribution is 0.0899. The van der Waals surface area contributed by atoms with E-state index in [1.807, 2.05) is 32.0 Å². The number of aliphatic hydroxyl groups is 1. The van der Waals surface area contributed by atoms with Crippen LogP contribution in [0.1, 0.15) is 41.8 Å². The zero-order valence-corrected chi connectivity index (χ0v) is 11.7. The summed E-state index contributed by atoms with van der Waals surface area (Å²) in [5, 5.41) is 12.5. The fraction of sp³-hybridized carbons (Fsp3) is 0.533. The molecule has 0 saturated heterocycles. The summed E-state index contributed by atoms with van der Waals surface area (Å²) in [6.07, 6.45) is 0.229. The predicted molar refractivity (Wildman–Crippen MR) is 73.7 cm³/mol. The Morgan fingerprint density at radius 1 is 1.33 bits per heavy atom. The molecule has 0 radical (unpaired) electrons. The number of aliphatic hydroxyl groups excluding tert-OH is 1. The summed E-state index contributed by atoms with van der Waals surface area (Å²) in [5.74, 6) is 0.313. The van der Waals surface area contributed by atoms with Crippen LogP contribution in [0.3, 0.4) is 0 Å². The molecular weight excluding hydrogens is 226 g/mol. The van der Waals surface area contributed by atoms with Gasteiger partial charge in [-0.3, -0.25) is 4.79 Å². The first-order chi connectivity index (χ1) is 8.40. The lowest BCUT2D eigenvalue weighted by Gasteiger charge is -2.14. The van der Waals surface area contributed by atoms with Gasteiger partial charge in [0.05, 0.1) is 6.10 Å². The Hall–Kier alpha value is -1.35. The summed E-state index contributed by atoms with van der Waals surface area (Å²) in [6.45, 7) is 8.34. The fourth-order valence-corrected chi connectivity index (χ4v) is 2.00. The summed E-state index contributed by atoms with van der Waals surface area (Å²) < 4.78 is 0. The maximum Gasteiger partial charge on any atom is 0.251 e. The SMILES string of the molecule is Cc1ccc(C(=O)NCC(O)CC(C)C)c(C)c1. The van der Waals surface area contributed by atoms with Gasteiger partial charge in [-0.1, -0.05) is 31.5 Å². The molecule has 1 amide bonds. The lowest BCUT2D eigenvalue weighted by atomic mass is 10.0. The van der Waals surface area contributed by atoms with Crippen LogP contribution in [0.25, 0.3) is 0 Å². The van der Waals surface area contributed by atoms with E-state index in [0.29, 0.717) is 24.4 Å². The topological polar surface area (TPSA) is 49.3 Å². The molecule has 1 aromatic carbocycles. The monoisotopic (exact) mass is 249 g/mol. The molecule has 0 fully saturated rings. The van der Waals surface area contributed by atoms with E-state index in [0.717, 1.165) is 11.1 Å². The van der Waals surface area contributed by atoms with Gasteiger partial charge in [0.25, 0.3) is 5.91 Å². The van der Waals surface area contributed by atoms with E-state index in [2.05, 4.69) is 19.2 Å². The van der Waals surface area contributed by atoms with Crippen LogP contribution in [-0.2, 0) is 0 Å². The van der Waals surface area contributed by atoms with Gasteiger partial charge in [-0.25, -0.2) is 0 Å². The van der Waals surface area contributed by atoms with Crippen LogP contribution < -0.4 is 5.32 Å². The number of amides is 1. The standard InChI is InChI=1S/C15H23NO2/c1-10(2)7-13(17)9-16-15(18)14-6-5-11(3)8-12(14)4/h5-6,8,10,13,17H,7,9H2,1-4H3,(H,16,18). The van der Waals surface area contributed by atoms with Crippen molar-refractivity contribution >= 4 is 5.91 Å². The average Bonchev–Trinajstić information content (AvgIpc) is 2.25. The van der Waals surface area contributed by atoms with Gasteiger partial charge < -0.3 is 10.4 Å². The first kappa shape index (κ1) is 14.7. The number of nitrogens with one attached hydrogen (secondary N) is 1. The third-order valence-corrected chi connectivity index (χ3v) is 2.87. The Morgan fingerprint density at radius 3 is 2.56 bits per heavy atom. The number of carbonyl (C=O) groups excluding carboxylic acids is 1. The molecule has 3 nitrogen and oxygen atoms in total. The minimum absolute atomic E-state index is 0.115. The molecule has 1 atom stereocenters. The van der Waals surface area contributed by atoms with Gasteiger partial charge in [0, 0.05) is 12.1 Å². The molecule has 0 spiro atoms. The maximum absolute atomic E-state index is 11.9. The molecule has 0 aliphatic carbocycles. The van der Waals surface area contributed by atoms with E-state index in [9.17, 15) is 9.90 Å². The second-order valence-corrected chi connectivity index (χ2v) is 5.31. The molecule has 1 unspecified atom stereocenters. The minimum Gasteiger partial charge on any atom is -0.391 e. The van der Waals surface area contributed by atoms with Crippen molar-refractivity contribution in [1.82, 2.24) is 5.32 Å². The summed E-state index contributed by atoms with van der Waals surface area (Å²) >= 11 is 0. The van der Waals surface area contributed by atoms with Gasteiger partial charge in [-0.15, -0.1) is 0 Å².